The van der Waals surface area contributed by atoms with E-state index in [0.717, 1.165) is 0 Å². The average Bonchev–Trinajstić information content (AvgIpc) is 2.14. The lowest BCUT2D eigenvalue weighted by atomic mass is 10.1. The third-order valence-corrected chi connectivity index (χ3v) is 3.70. The second-order valence-corrected chi connectivity index (χ2v) is 5.82. The van der Waals surface area contributed by atoms with E-state index in [0.29, 0.717) is 6.61 Å². The fraction of sp³-hybridized carbons (Fsp3) is 1.00. The molecule has 0 saturated heterocycles. The Morgan fingerprint density at radius 2 is 2.00 bits per heavy atom. The van der Waals surface area contributed by atoms with E-state index in [4.69, 9.17) is 16.3 Å². The Labute approximate surface area is 97.4 Å². The number of ether oxygens (including phenoxy) is 1. The molecule has 0 spiro atoms. The van der Waals surface area contributed by atoms with E-state index in [-0.39, 0.29) is 30.2 Å². The van der Waals surface area contributed by atoms with Crippen molar-refractivity contribution in [2.75, 3.05) is 24.8 Å². The molecule has 0 aliphatic carbocycles. The van der Waals surface area contributed by atoms with Crippen molar-refractivity contribution < 1.29 is 13.2 Å². The minimum Gasteiger partial charge on any atom is -0.381 e. The molecule has 0 fully saturated rings. The van der Waals surface area contributed by atoms with Gasteiger partial charge in [-0.1, -0.05) is 13.8 Å². The Morgan fingerprint density at radius 1 is 1.40 bits per heavy atom. The Kier molecular flexibility index (Phi) is 7.52. The van der Waals surface area contributed by atoms with Crippen molar-refractivity contribution in [2.24, 2.45) is 5.92 Å². The molecule has 15 heavy (non-hydrogen) atoms. The van der Waals surface area contributed by atoms with Crippen LogP contribution in [0.25, 0.3) is 0 Å². The van der Waals surface area contributed by atoms with Gasteiger partial charge in [-0.05, 0) is 12.8 Å². The molecule has 0 aliphatic rings. The number of halogens is 1. The second-order valence-electron chi connectivity index (χ2n) is 3.64. The lowest BCUT2D eigenvalue weighted by Crippen LogP contribution is -2.41. The Balaban J connectivity index is 4.11. The van der Waals surface area contributed by atoms with Gasteiger partial charge in [0.1, 0.15) is 0 Å². The molecular formula is C9H20ClNO3S. The highest BCUT2D eigenvalue weighted by Gasteiger charge is 2.19. The molecule has 0 radical (unpaired) electrons. The maximum absolute atomic E-state index is 11.5. The molecule has 0 rings (SSSR count). The predicted molar refractivity (Wildman–Crippen MR) is 62.8 cm³/mol. The van der Waals surface area contributed by atoms with Crippen LogP contribution in [-0.2, 0) is 14.8 Å². The van der Waals surface area contributed by atoms with E-state index in [9.17, 15) is 8.42 Å². The molecule has 0 bridgehead atoms. The number of hydrogen-bond acceptors (Lipinski definition) is 3. The SMILES string of the molecule is CCOCCS(=O)(=O)NC(CCl)C(C)C. The van der Waals surface area contributed by atoms with Crippen LogP contribution < -0.4 is 4.72 Å². The van der Waals surface area contributed by atoms with Crippen LogP contribution in [0.3, 0.4) is 0 Å². The molecule has 1 unspecified atom stereocenters. The van der Waals surface area contributed by atoms with Gasteiger partial charge < -0.3 is 4.74 Å². The summed E-state index contributed by atoms with van der Waals surface area (Å²) < 4.78 is 30.6. The van der Waals surface area contributed by atoms with Crippen molar-refractivity contribution in [1.29, 1.82) is 0 Å². The first-order chi connectivity index (χ1) is 6.93. The molecule has 0 saturated carbocycles. The number of rotatable bonds is 8. The summed E-state index contributed by atoms with van der Waals surface area (Å²) in [5, 5.41) is 0. The number of sulfonamides is 1. The van der Waals surface area contributed by atoms with Crippen molar-refractivity contribution in [3.63, 3.8) is 0 Å². The summed E-state index contributed by atoms with van der Waals surface area (Å²) in [6.07, 6.45) is 0. The van der Waals surface area contributed by atoms with E-state index < -0.39 is 10.0 Å². The first kappa shape index (κ1) is 15.2. The summed E-state index contributed by atoms with van der Waals surface area (Å²) in [4.78, 5) is 0. The van der Waals surface area contributed by atoms with Gasteiger partial charge in [0.25, 0.3) is 0 Å². The fourth-order valence-corrected chi connectivity index (χ4v) is 2.75. The Hall–Kier alpha value is 0.160. The summed E-state index contributed by atoms with van der Waals surface area (Å²) in [6, 6.07) is -0.210. The maximum Gasteiger partial charge on any atom is 0.214 e. The van der Waals surface area contributed by atoms with Crippen molar-refractivity contribution in [1.82, 2.24) is 4.72 Å². The van der Waals surface area contributed by atoms with Gasteiger partial charge >= 0.3 is 0 Å². The lowest BCUT2D eigenvalue weighted by molar-refractivity contribution is 0.163. The standard InChI is InChI=1S/C9H20ClNO3S/c1-4-14-5-6-15(12,13)11-9(7-10)8(2)3/h8-9,11H,4-7H2,1-3H3. The zero-order valence-electron chi connectivity index (χ0n) is 9.49. The van der Waals surface area contributed by atoms with Gasteiger partial charge in [0.15, 0.2) is 0 Å². The van der Waals surface area contributed by atoms with Crippen LogP contribution in [-0.4, -0.2) is 39.3 Å². The highest BCUT2D eigenvalue weighted by molar-refractivity contribution is 7.89. The molecule has 1 N–H and O–H groups in total. The molecule has 6 heteroatoms. The van der Waals surface area contributed by atoms with Crippen molar-refractivity contribution in [3.8, 4) is 0 Å². The zero-order valence-corrected chi connectivity index (χ0v) is 11.1. The van der Waals surface area contributed by atoms with Crippen molar-refractivity contribution in [3.05, 3.63) is 0 Å². The number of nitrogens with one attached hydrogen (secondary N) is 1. The minimum absolute atomic E-state index is 0.0129. The van der Waals surface area contributed by atoms with Gasteiger partial charge in [0, 0.05) is 18.5 Å². The van der Waals surface area contributed by atoms with Crippen molar-refractivity contribution in [2.45, 2.75) is 26.8 Å². The van der Waals surface area contributed by atoms with Gasteiger partial charge in [-0.3, -0.25) is 0 Å². The molecule has 0 aromatic heterocycles. The predicted octanol–water partition coefficient (Wildman–Crippen LogP) is 1.21. The van der Waals surface area contributed by atoms with E-state index in [1.807, 2.05) is 20.8 Å². The molecule has 0 aromatic rings. The lowest BCUT2D eigenvalue weighted by Gasteiger charge is -2.19. The third kappa shape index (κ3) is 7.11. The molecule has 0 aliphatic heterocycles. The van der Waals surface area contributed by atoms with Crippen LogP contribution in [0.1, 0.15) is 20.8 Å². The smallest absolute Gasteiger partial charge is 0.214 e. The van der Waals surface area contributed by atoms with Gasteiger partial charge in [-0.2, -0.15) is 0 Å². The van der Waals surface area contributed by atoms with E-state index in [1.54, 1.807) is 0 Å². The fourth-order valence-electron chi connectivity index (χ4n) is 0.948. The van der Waals surface area contributed by atoms with E-state index >= 15 is 0 Å². The van der Waals surface area contributed by atoms with Gasteiger partial charge in [0.05, 0.1) is 12.4 Å². The maximum atomic E-state index is 11.5. The van der Waals surface area contributed by atoms with Crippen LogP contribution in [0.2, 0.25) is 0 Å². The molecule has 4 nitrogen and oxygen atoms in total. The van der Waals surface area contributed by atoms with Gasteiger partial charge in [-0.25, -0.2) is 13.1 Å². The van der Waals surface area contributed by atoms with Crippen LogP contribution >= 0.6 is 11.6 Å². The quantitative estimate of drug-likeness (QED) is 0.525. The highest BCUT2D eigenvalue weighted by atomic mass is 35.5. The molecular weight excluding hydrogens is 238 g/mol. The highest BCUT2D eigenvalue weighted by Crippen LogP contribution is 2.05. The first-order valence-electron chi connectivity index (χ1n) is 5.06. The Morgan fingerprint density at radius 3 is 2.40 bits per heavy atom. The Bertz CT molecular complexity index is 254. The minimum atomic E-state index is -3.27. The van der Waals surface area contributed by atoms with Crippen LogP contribution in [0.15, 0.2) is 0 Å². The third-order valence-electron chi connectivity index (χ3n) is 2.00. The van der Waals surface area contributed by atoms with Crippen LogP contribution in [0, 0.1) is 5.92 Å². The summed E-state index contributed by atoms with van der Waals surface area (Å²) in [6.45, 7) is 6.43. The molecule has 0 amide bonds. The second kappa shape index (κ2) is 7.44. The molecule has 92 valence electrons. The van der Waals surface area contributed by atoms with Crippen LogP contribution in [0.5, 0.6) is 0 Å². The molecule has 0 aromatic carbocycles. The van der Waals surface area contributed by atoms with E-state index in [2.05, 4.69) is 4.72 Å². The van der Waals surface area contributed by atoms with E-state index in [1.165, 1.54) is 0 Å². The number of hydrogen-bond donors (Lipinski definition) is 1. The molecule has 1 atom stereocenters. The van der Waals surface area contributed by atoms with Crippen molar-refractivity contribution >= 4 is 21.6 Å². The molecule has 0 heterocycles. The first-order valence-corrected chi connectivity index (χ1v) is 7.25. The average molecular weight is 258 g/mol. The topological polar surface area (TPSA) is 55.4 Å². The largest absolute Gasteiger partial charge is 0.381 e. The summed E-state index contributed by atoms with van der Waals surface area (Å²) in [5.41, 5.74) is 0. The van der Waals surface area contributed by atoms with Gasteiger partial charge in [-0.15, -0.1) is 11.6 Å². The van der Waals surface area contributed by atoms with Crippen LogP contribution in [0.4, 0.5) is 0 Å². The zero-order chi connectivity index (χ0) is 11.9. The van der Waals surface area contributed by atoms with Gasteiger partial charge in [0.2, 0.25) is 10.0 Å². The number of alkyl halides is 1. The monoisotopic (exact) mass is 257 g/mol. The summed E-state index contributed by atoms with van der Waals surface area (Å²) in [5.74, 6) is 0.455. The summed E-state index contributed by atoms with van der Waals surface area (Å²) in [7, 11) is -3.27. The normalized spacial score (nSPS) is 14.5. The summed E-state index contributed by atoms with van der Waals surface area (Å²) >= 11 is 5.67.